The first kappa shape index (κ1) is 24.9. The van der Waals surface area contributed by atoms with Crippen LogP contribution in [0.4, 0.5) is 13.2 Å². The van der Waals surface area contributed by atoms with Crippen LogP contribution in [0.25, 0.3) is 0 Å². The van der Waals surface area contributed by atoms with Crippen molar-refractivity contribution in [3.05, 3.63) is 64.2 Å². The van der Waals surface area contributed by atoms with E-state index in [4.69, 9.17) is 21.4 Å². The molecule has 1 aliphatic rings. The van der Waals surface area contributed by atoms with Crippen molar-refractivity contribution in [2.75, 3.05) is 26.2 Å². The van der Waals surface area contributed by atoms with Crippen molar-refractivity contribution >= 4 is 23.5 Å². The summed E-state index contributed by atoms with van der Waals surface area (Å²) in [6.45, 7) is 2.73. The second-order valence-electron chi connectivity index (χ2n) is 7.98. The molecular weight excluding hydrogens is 461 g/mol. The second kappa shape index (κ2) is 10.4. The number of alkyl halides is 3. The zero-order valence-corrected chi connectivity index (χ0v) is 18.7. The summed E-state index contributed by atoms with van der Waals surface area (Å²) < 4.78 is 44.8. The van der Waals surface area contributed by atoms with Crippen LogP contribution < -0.4 is 4.74 Å². The van der Waals surface area contributed by atoms with Gasteiger partial charge in [0.1, 0.15) is 5.75 Å². The Hall–Kier alpha value is -2.78. The molecule has 178 valence electrons. The molecule has 1 fully saturated rings. The van der Waals surface area contributed by atoms with Crippen molar-refractivity contribution in [1.29, 1.82) is 0 Å². The molecule has 1 heterocycles. The summed E-state index contributed by atoms with van der Waals surface area (Å²) in [5.74, 6) is -1.16. The van der Waals surface area contributed by atoms with Gasteiger partial charge in [-0.3, -0.25) is 9.69 Å². The highest BCUT2D eigenvalue weighted by Gasteiger charge is 2.32. The van der Waals surface area contributed by atoms with E-state index in [0.29, 0.717) is 24.7 Å². The predicted octanol–water partition coefficient (Wildman–Crippen LogP) is 4.10. The van der Waals surface area contributed by atoms with E-state index < -0.39 is 24.3 Å². The van der Waals surface area contributed by atoms with Gasteiger partial charge in [-0.25, -0.2) is 4.79 Å². The van der Waals surface area contributed by atoms with Crippen LogP contribution in [0.15, 0.2) is 42.5 Å². The highest BCUT2D eigenvalue weighted by Crippen LogP contribution is 2.33. The molecule has 0 aromatic heterocycles. The van der Waals surface area contributed by atoms with Crippen LogP contribution in [0.3, 0.4) is 0 Å². The summed E-state index contributed by atoms with van der Waals surface area (Å²) in [7, 11) is 0. The summed E-state index contributed by atoms with van der Waals surface area (Å²) in [6.07, 6.45) is -4.29. The van der Waals surface area contributed by atoms with E-state index in [-0.39, 0.29) is 36.2 Å². The van der Waals surface area contributed by atoms with Gasteiger partial charge in [0.15, 0.2) is 6.61 Å². The molecule has 1 amide bonds. The normalized spacial score (nSPS) is 17.1. The van der Waals surface area contributed by atoms with Gasteiger partial charge in [0.05, 0.1) is 12.0 Å². The zero-order valence-electron chi connectivity index (χ0n) is 17.9. The summed E-state index contributed by atoms with van der Waals surface area (Å²) in [6, 6.07) is 9.91. The summed E-state index contributed by atoms with van der Waals surface area (Å²) in [5, 5.41) is 9.44. The first-order valence-electron chi connectivity index (χ1n) is 10.3. The number of hydrogen-bond donors (Lipinski definition) is 1. The molecule has 6 nitrogen and oxygen atoms in total. The molecule has 33 heavy (non-hydrogen) atoms. The van der Waals surface area contributed by atoms with E-state index in [1.807, 2.05) is 11.8 Å². The molecule has 0 radical (unpaired) electrons. The van der Waals surface area contributed by atoms with Crippen LogP contribution >= 0.6 is 11.6 Å². The molecule has 10 heteroatoms. The monoisotopic (exact) mass is 484 g/mol. The molecule has 0 spiro atoms. The molecule has 2 aromatic carbocycles. The minimum Gasteiger partial charge on any atom is -0.482 e. The van der Waals surface area contributed by atoms with Gasteiger partial charge < -0.3 is 14.7 Å². The quantitative estimate of drug-likeness (QED) is 0.641. The largest absolute Gasteiger partial charge is 0.482 e. The molecule has 0 aliphatic carbocycles. The number of carboxylic acid groups (broad SMARTS) is 1. The van der Waals surface area contributed by atoms with Crippen LogP contribution in [-0.4, -0.2) is 59.1 Å². The van der Waals surface area contributed by atoms with E-state index in [9.17, 15) is 22.8 Å². The third kappa shape index (κ3) is 6.85. The smallest absolute Gasteiger partial charge is 0.416 e. The number of ether oxygens (including phenoxy) is 1. The predicted molar refractivity (Wildman–Crippen MR) is 116 cm³/mol. The zero-order chi connectivity index (χ0) is 24.2. The standard InChI is InChI=1S/C23H24ClF3N2O4/c1-15-12-28(8-9-29(15)21(30)10-16-2-5-19(24)6-3-16)13-17-11-18(23(25,26)27)4-7-20(17)33-14-22(31)32/h2-7,11,15H,8-10,12-14H2,1H3,(H,31,32)/t15-/m0/s1. The van der Waals surface area contributed by atoms with E-state index >= 15 is 0 Å². The fraction of sp³-hybridized carbons (Fsp3) is 0.391. The number of carbonyl (C=O) groups excluding carboxylic acids is 1. The number of rotatable bonds is 7. The van der Waals surface area contributed by atoms with Gasteiger partial charge in [-0.15, -0.1) is 0 Å². The lowest BCUT2D eigenvalue weighted by atomic mass is 10.1. The van der Waals surface area contributed by atoms with Crippen LogP contribution in [0.5, 0.6) is 5.75 Å². The van der Waals surface area contributed by atoms with Crippen molar-refractivity contribution in [2.45, 2.75) is 32.1 Å². The Labute approximate surface area is 194 Å². The van der Waals surface area contributed by atoms with Crippen molar-refractivity contribution in [2.24, 2.45) is 0 Å². The van der Waals surface area contributed by atoms with Gasteiger partial charge in [0, 0.05) is 42.8 Å². The Morgan fingerprint density at radius 1 is 1.15 bits per heavy atom. The number of carboxylic acids is 1. The number of piperazine rings is 1. The second-order valence-corrected chi connectivity index (χ2v) is 8.41. The maximum atomic E-state index is 13.2. The summed E-state index contributed by atoms with van der Waals surface area (Å²) in [5.41, 5.74) is 0.271. The minimum atomic E-state index is -4.53. The number of nitrogens with zero attached hydrogens (tertiary/aromatic N) is 2. The van der Waals surface area contributed by atoms with Gasteiger partial charge in [0.25, 0.3) is 0 Å². The van der Waals surface area contributed by atoms with Crippen molar-refractivity contribution < 1.29 is 32.6 Å². The molecule has 0 saturated carbocycles. The third-order valence-electron chi connectivity index (χ3n) is 5.43. The topological polar surface area (TPSA) is 70.1 Å². The van der Waals surface area contributed by atoms with Gasteiger partial charge in [-0.05, 0) is 42.8 Å². The third-order valence-corrected chi connectivity index (χ3v) is 5.69. The number of amides is 1. The first-order chi connectivity index (χ1) is 15.5. The van der Waals surface area contributed by atoms with Crippen LogP contribution in [0, 0.1) is 0 Å². The molecule has 1 N–H and O–H groups in total. The molecule has 0 unspecified atom stereocenters. The lowest BCUT2D eigenvalue weighted by Crippen LogP contribution is -2.54. The average molecular weight is 485 g/mol. The molecule has 0 bridgehead atoms. The summed E-state index contributed by atoms with van der Waals surface area (Å²) >= 11 is 5.88. The molecule has 1 aliphatic heterocycles. The van der Waals surface area contributed by atoms with Crippen LogP contribution in [0.1, 0.15) is 23.6 Å². The van der Waals surface area contributed by atoms with Gasteiger partial charge >= 0.3 is 12.1 Å². The fourth-order valence-corrected chi connectivity index (χ4v) is 3.95. The Morgan fingerprint density at radius 3 is 2.45 bits per heavy atom. The van der Waals surface area contributed by atoms with E-state index in [1.165, 1.54) is 0 Å². The van der Waals surface area contributed by atoms with E-state index in [2.05, 4.69) is 0 Å². The summed E-state index contributed by atoms with van der Waals surface area (Å²) in [4.78, 5) is 27.3. The Kier molecular flexibility index (Phi) is 7.86. The molecule has 2 aromatic rings. The molecule has 1 atom stereocenters. The van der Waals surface area contributed by atoms with Gasteiger partial charge in [-0.1, -0.05) is 23.7 Å². The van der Waals surface area contributed by atoms with Crippen LogP contribution in [-0.2, 0) is 28.7 Å². The highest BCUT2D eigenvalue weighted by atomic mass is 35.5. The number of carbonyl (C=O) groups is 2. The van der Waals surface area contributed by atoms with Crippen molar-refractivity contribution in [3.8, 4) is 5.75 Å². The Morgan fingerprint density at radius 2 is 1.85 bits per heavy atom. The van der Waals surface area contributed by atoms with Crippen molar-refractivity contribution in [1.82, 2.24) is 9.80 Å². The number of benzene rings is 2. The molecule has 1 saturated heterocycles. The maximum Gasteiger partial charge on any atom is 0.416 e. The highest BCUT2D eigenvalue weighted by molar-refractivity contribution is 6.30. The Bertz CT molecular complexity index is 998. The number of hydrogen-bond acceptors (Lipinski definition) is 4. The van der Waals surface area contributed by atoms with Crippen LogP contribution in [0.2, 0.25) is 5.02 Å². The lowest BCUT2D eigenvalue weighted by Gasteiger charge is -2.40. The van der Waals surface area contributed by atoms with Gasteiger partial charge in [-0.2, -0.15) is 13.2 Å². The molecule has 3 rings (SSSR count). The fourth-order valence-electron chi connectivity index (χ4n) is 3.83. The minimum absolute atomic E-state index is 0.0333. The Balaban J connectivity index is 1.67. The average Bonchev–Trinajstić information content (AvgIpc) is 2.73. The SMILES string of the molecule is C[C@H]1CN(Cc2cc(C(F)(F)F)ccc2OCC(=O)O)CCN1C(=O)Cc1ccc(Cl)cc1. The van der Waals surface area contributed by atoms with Crippen molar-refractivity contribution in [3.63, 3.8) is 0 Å². The van der Waals surface area contributed by atoms with E-state index in [0.717, 1.165) is 23.8 Å². The van der Waals surface area contributed by atoms with Gasteiger partial charge in [0.2, 0.25) is 5.91 Å². The van der Waals surface area contributed by atoms with E-state index in [1.54, 1.807) is 29.2 Å². The lowest BCUT2D eigenvalue weighted by molar-refractivity contribution is -0.140. The maximum absolute atomic E-state index is 13.2. The number of aliphatic carboxylic acids is 1. The molecular formula is C23H24ClF3N2O4. The first-order valence-corrected chi connectivity index (χ1v) is 10.7. The number of halogens is 4.